The van der Waals surface area contributed by atoms with Gasteiger partial charge in [-0.2, -0.15) is 0 Å². The number of carbonyl (C=O) groups is 3. The van der Waals surface area contributed by atoms with Crippen LogP contribution in [0.15, 0.2) is 47.1 Å². The van der Waals surface area contributed by atoms with E-state index in [9.17, 15) is 14.4 Å². The van der Waals surface area contributed by atoms with Crippen molar-refractivity contribution in [3.05, 3.63) is 64.6 Å². The summed E-state index contributed by atoms with van der Waals surface area (Å²) in [5, 5.41) is 3.39. The fourth-order valence-electron chi connectivity index (χ4n) is 7.67. The number of Topliss-reactive ketones (excluding diaryl/α,β-unsaturated/α-hetero) is 1. The average Bonchev–Trinajstić information content (AvgIpc) is 3.91. The van der Waals surface area contributed by atoms with Crippen molar-refractivity contribution in [1.82, 2.24) is 9.80 Å². The second kappa shape index (κ2) is 14.5. The third-order valence-corrected chi connectivity index (χ3v) is 10.5. The third-order valence-electron chi connectivity index (χ3n) is 10.2. The van der Waals surface area contributed by atoms with E-state index in [-0.39, 0.29) is 65.5 Å². The fraction of sp³-hybridized carbons (Fsp3) is 0.528. The van der Waals surface area contributed by atoms with E-state index in [4.69, 9.17) is 35.0 Å². The number of benzene rings is 2. The van der Waals surface area contributed by atoms with E-state index in [1.165, 1.54) is 12.3 Å². The molecule has 1 aromatic heterocycles. The molecule has 3 aliphatic heterocycles. The lowest BCUT2D eigenvalue weighted by atomic mass is 9.87. The molecule has 3 saturated heterocycles. The van der Waals surface area contributed by atoms with Crippen molar-refractivity contribution >= 4 is 45.9 Å². The normalized spacial score (nSPS) is 25.7. The van der Waals surface area contributed by atoms with Gasteiger partial charge >= 0.3 is 5.97 Å². The highest BCUT2D eigenvalue weighted by Crippen LogP contribution is 2.40. The number of halogens is 2. The zero-order chi connectivity index (χ0) is 34.1. The fourth-order valence-corrected chi connectivity index (χ4v) is 7.91. The lowest BCUT2D eigenvalue weighted by Gasteiger charge is -2.48. The van der Waals surface area contributed by atoms with Gasteiger partial charge < -0.3 is 28.7 Å². The number of fused-ring (bicyclic) bond motifs is 2. The summed E-state index contributed by atoms with van der Waals surface area (Å²) < 4.78 is 45.3. The van der Waals surface area contributed by atoms with Crippen LogP contribution in [0.25, 0.3) is 11.0 Å². The first kappa shape index (κ1) is 34.1. The van der Waals surface area contributed by atoms with Crippen LogP contribution in [0, 0.1) is 11.7 Å². The maximum Gasteiger partial charge on any atom is 0.308 e. The number of nitrogens with zero attached hydrogens (tertiary/aromatic N) is 2. The molecule has 0 bridgehead atoms. The van der Waals surface area contributed by atoms with Crippen LogP contribution in [0.3, 0.4) is 0 Å². The molecule has 1 saturated carbocycles. The molecule has 11 nitrogen and oxygen atoms in total. The van der Waals surface area contributed by atoms with E-state index < -0.39 is 17.6 Å². The van der Waals surface area contributed by atoms with Gasteiger partial charge in [0.2, 0.25) is 5.85 Å². The predicted octanol–water partition coefficient (Wildman–Crippen LogP) is 5.53. The molecule has 4 aliphatic rings. The topological polar surface area (TPSA) is 120 Å². The van der Waals surface area contributed by atoms with Crippen molar-refractivity contribution in [2.24, 2.45) is 5.92 Å². The van der Waals surface area contributed by atoms with Gasteiger partial charge in [-0.3, -0.25) is 24.2 Å². The number of ether oxygens (including phenoxy) is 4. The largest absolute Gasteiger partial charge is 0.466 e. The monoisotopic (exact) mass is 697 g/mol. The molecule has 1 aliphatic carbocycles. The van der Waals surface area contributed by atoms with Crippen molar-refractivity contribution in [2.45, 2.75) is 76.0 Å². The molecule has 0 spiro atoms. The number of anilines is 1. The SMILES string of the molecule is CCOC(=O)C1CCC(OC(C(=O)Cc2cc(Cl)c(NC(=O)c3coc4ccccc34)cc2F)(N2CCCC2)N2C[C@@H]3OCO[C@@H]3C2)CC1. The van der Waals surface area contributed by atoms with Crippen LogP contribution in [0.5, 0.6) is 0 Å². The highest BCUT2D eigenvalue weighted by atomic mass is 35.5. The second-order valence-electron chi connectivity index (χ2n) is 13.2. The van der Waals surface area contributed by atoms with Gasteiger partial charge in [0.1, 0.15) is 36.7 Å². The van der Waals surface area contributed by atoms with E-state index in [0.717, 1.165) is 18.9 Å². The molecule has 4 fully saturated rings. The first-order valence-electron chi connectivity index (χ1n) is 17.1. The molecule has 3 atom stereocenters. The van der Waals surface area contributed by atoms with Crippen LogP contribution in [-0.2, 0) is 35.0 Å². The minimum absolute atomic E-state index is 0.0766. The van der Waals surface area contributed by atoms with Crippen molar-refractivity contribution in [3.8, 4) is 0 Å². The van der Waals surface area contributed by atoms with Crippen LogP contribution in [-0.4, -0.2) is 91.2 Å². The quantitative estimate of drug-likeness (QED) is 0.256. The van der Waals surface area contributed by atoms with E-state index in [0.29, 0.717) is 75.0 Å². The highest BCUT2D eigenvalue weighted by Gasteiger charge is 2.57. The summed E-state index contributed by atoms with van der Waals surface area (Å²) in [7, 11) is 0. The summed E-state index contributed by atoms with van der Waals surface area (Å²) in [6.07, 6.45) is 4.47. The minimum atomic E-state index is -1.50. The van der Waals surface area contributed by atoms with E-state index >= 15 is 4.39 Å². The van der Waals surface area contributed by atoms with Crippen molar-refractivity contribution < 1.29 is 42.1 Å². The van der Waals surface area contributed by atoms with Crippen LogP contribution in [0.2, 0.25) is 5.02 Å². The molecule has 1 unspecified atom stereocenters. The lowest BCUT2D eigenvalue weighted by molar-refractivity contribution is -0.255. The smallest absolute Gasteiger partial charge is 0.308 e. The van der Waals surface area contributed by atoms with Gasteiger partial charge in [0, 0.05) is 38.0 Å². The van der Waals surface area contributed by atoms with Gasteiger partial charge in [0.15, 0.2) is 5.78 Å². The van der Waals surface area contributed by atoms with E-state index in [1.54, 1.807) is 31.2 Å². The molecule has 49 heavy (non-hydrogen) atoms. The Morgan fingerprint density at radius 2 is 1.73 bits per heavy atom. The number of para-hydroxylation sites is 1. The Morgan fingerprint density at radius 3 is 2.45 bits per heavy atom. The zero-order valence-electron chi connectivity index (χ0n) is 27.5. The number of hydrogen-bond acceptors (Lipinski definition) is 10. The second-order valence-corrected chi connectivity index (χ2v) is 13.6. The van der Waals surface area contributed by atoms with Crippen LogP contribution < -0.4 is 5.32 Å². The van der Waals surface area contributed by atoms with Gasteiger partial charge in [-0.05, 0) is 69.2 Å². The summed E-state index contributed by atoms with van der Waals surface area (Å²) in [6, 6.07) is 9.64. The van der Waals surface area contributed by atoms with Gasteiger partial charge in [-0.15, -0.1) is 0 Å². The average molecular weight is 698 g/mol. The number of rotatable bonds is 11. The third kappa shape index (κ3) is 6.74. The summed E-state index contributed by atoms with van der Waals surface area (Å²) >= 11 is 6.62. The maximum atomic E-state index is 15.9. The Kier molecular flexibility index (Phi) is 10.1. The number of amides is 1. The van der Waals surface area contributed by atoms with Crippen molar-refractivity contribution in [3.63, 3.8) is 0 Å². The maximum absolute atomic E-state index is 15.9. The standard InChI is InChI=1S/C36H41ClFN3O8/c1-2-45-35(44)22-9-11-24(12-10-22)49-36(40-13-5-6-14-40,41-18-31-32(19-41)48-21-47-31)33(42)16-23-15-27(37)29(17-28(23)38)39-34(43)26-20-46-30-8-4-3-7-25(26)30/h3-4,7-8,15,17,20,22,24,31-32H,2,5-6,9-14,16,18-19,21H2,1H3,(H,39,43)/t22?,24?,31-,32+,36?. The van der Waals surface area contributed by atoms with E-state index in [2.05, 4.69) is 10.2 Å². The molecule has 13 heteroatoms. The van der Waals surface area contributed by atoms with Gasteiger partial charge in [-0.1, -0.05) is 29.8 Å². The number of likely N-dealkylation sites (tertiary alicyclic amines) is 2. The van der Waals surface area contributed by atoms with Crippen molar-refractivity contribution in [2.75, 3.05) is 44.9 Å². The van der Waals surface area contributed by atoms with E-state index in [1.807, 2.05) is 4.90 Å². The molecule has 1 N–H and O–H groups in total. The summed E-state index contributed by atoms with van der Waals surface area (Å²) in [5.74, 6) is -3.40. The zero-order valence-corrected chi connectivity index (χ0v) is 28.2. The number of ketones is 1. The summed E-state index contributed by atoms with van der Waals surface area (Å²) in [5.41, 5.74) is 1.01. The van der Waals surface area contributed by atoms with Gasteiger partial charge in [0.05, 0.1) is 34.9 Å². The van der Waals surface area contributed by atoms with Gasteiger partial charge in [-0.25, -0.2) is 4.39 Å². The highest BCUT2D eigenvalue weighted by molar-refractivity contribution is 6.34. The van der Waals surface area contributed by atoms with Crippen LogP contribution >= 0.6 is 11.6 Å². The van der Waals surface area contributed by atoms with Crippen LogP contribution in [0.1, 0.15) is 61.4 Å². The van der Waals surface area contributed by atoms with Crippen molar-refractivity contribution in [1.29, 1.82) is 0 Å². The summed E-state index contributed by atoms with van der Waals surface area (Å²) in [4.78, 5) is 44.4. The number of carbonyl (C=O) groups excluding carboxylic acids is 3. The number of hydrogen-bond donors (Lipinski definition) is 1. The summed E-state index contributed by atoms with van der Waals surface area (Å²) in [6.45, 7) is 4.44. The molecular formula is C36H41ClFN3O8. The Balaban J connectivity index is 1.15. The Hall–Kier alpha value is -3.39. The molecule has 262 valence electrons. The van der Waals surface area contributed by atoms with Gasteiger partial charge in [0.25, 0.3) is 5.91 Å². The molecule has 4 heterocycles. The Morgan fingerprint density at radius 1 is 1.02 bits per heavy atom. The first-order chi connectivity index (χ1) is 23.8. The minimum Gasteiger partial charge on any atom is -0.466 e. The predicted molar refractivity (Wildman–Crippen MR) is 177 cm³/mol. The first-order valence-corrected chi connectivity index (χ1v) is 17.5. The molecule has 3 aromatic rings. The lowest BCUT2D eigenvalue weighted by Crippen LogP contribution is -2.68. The molecule has 2 aromatic carbocycles. The molecular weight excluding hydrogens is 657 g/mol. The number of nitrogens with one attached hydrogen (secondary N) is 1. The number of esters is 1. The molecule has 0 radical (unpaired) electrons. The Bertz CT molecular complexity index is 1690. The molecule has 7 rings (SSSR count). The van der Waals surface area contributed by atoms with Crippen LogP contribution in [0.4, 0.5) is 10.1 Å². The molecule has 1 amide bonds. The Labute approximate surface area is 288 Å². The number of furan rings is 1.